The summed E-state index contributed by atoms with van der Waals surface area (Å²) in [7, 11) is 0. The summed E-state index contributed by atoms with van der Waals surface area (Å²) in [6, 6.07) is 6.10. The van der Waals surface area contributed by atoms with Gasteiger partial charge in [-0.3, -0.25) is 0 Å². The van der Waals surface area contributed by atoms with Gasteiger partial charge in [-0.1, -0.05) is 19.4 Å². The zero-order valence-electron chi connectivity index (χ0n) is 13.0. The van der Waals surface area contributed by atoms with E-state index in [2.05, 4.69) is 33.5 Å². The first-order chi connectivity index (χ1) is 10.6. The summed E-state index contributed by atoms with van der Waals surface area (Å²) in [5.41, 5.74) is 14.2. The van der Waals surface area contributed by atoms with E-state index in [1.165, 1.54) is 6.21 Å². The first-order valence-corrected chi connectivity index (χ1v) is 8.36. The number of anilines is 2. The molecule has 0 saturated carbocycles. The molecule has 0 saturated heterocycles. The molecule has 0 aromatic heterocycles. The molecule has 0 spiro atoms. The third-order valence-corrected chi connectivity index (χ3v) is 4.05. The van der Waals surface area contributed by atoms with Crippen LogP contribution in [0, 0.1) is 5.41 Å². The number of nitrogen functional groups attached to an aromatic ring is 1. The van der Waals surface area contributed by atoms with E-state index >= 15 is 0 Å². The SMILES string of the molecule is CCCC(CCC=N)N/C=C(\CN)Nc1cccc(Br)c1N. The van der Waals surface area contributed by atoms with Gasteiger partial charge in [0.25, 0.3) is 0 Å². The molecule has 1 rings (SSSR count). The molecule has 0 aliphatic rings. The van der Waals surface area contributed by atoms with E-state index < -0.39 is 0 Å². The lowest BCUT2D eigenvalue weighted by atomic mass is 10.1. The molecule has 0 amide bonds. The average molecular weight is 368 g/mol. The molecule has 0 heterocycles. The van der Waals surface area contributed by atoms with Crippen molar-refractivity contribution < 1.29 is 0 Å². The van der Waals surface area contributed by atoms with Crippen LogP contribution in [0.5, 0.6) is 0 Å². The Labute approximate surface area is 141 Å². The van der Waals surface area contributed by atoms with E-state index in [1.54, 1.807) is 0 Å². The van der Waals surface area contributed by atoms with Crippen LogP contribution in [0.15, 0.2) is 34.6 Å². The minimum atomic E-state index is 0.356. The van der Waals surface area contributed by atoms with Gasteiger partial charge in [-0.25, -0.2) is 0 Å². The summed E-state index contributed by atoms with van der Waals surface area (Å²) in [6.07, 6.45) is 7.29. The van der Waals surface area contributed by atoms with Crippen LogP contribution >= 0.6 is 15.9 Å². The molecule has 22 heavy (non-hydrogen) atoms. The average Bonchev–Trinajstić information content (AvgIpc) is 2.52. The highest BCUT2D eigenvalue weighted by molar-refractivity contribution is 9.10. The second-order valence-corrected chi connectivity index (χ2v) is 5.99. The second-order valence-electron chi connectivity index (χ2n) is 5.13. The fourth-order valence-corrected chi connectivity index (χ4v) is 2.49. The fraction of sp³-hybridized carbons (Fsp3) is 0.438. The van der Waals surface area contributed by atoms with Gasteiger partial charge in [0.15, 0.2) is 0 Å². The maximum Gasteiger partial charge on any atom is 0.0697 e. The lowest BCUT2D eigenvalue weighted by Gasteiger charge is -2.18. The molecule has 1 aromatic carbocycles. The third kappa shape index (κ3) is 6.07. The van der Waals surface area contributed by atoms with Crippen molar-refractivity contribution >= 4 is 33.5 Å². The summed E-state index contributed by atoms with van der Waals surface area (Å²) in [5, 5.41) is 13.8. The number of nitrogens with one attached hydrogen (secondary N) is 3. The smallest absolute Gasteiger partial charge is 0.0697 e. The Morgan fingerprint density at radius 1 is 1.41 bits per heavy atom. The molecule has 122 valence electrons. The van der Waals surface area contributed by atoms with Crippen molar-refractivity contribution in [2.45, 2.75) is 38.6 Å². The first kappa shape index (κ1) is 18.5. The lowest BCUT2D eigenvalue weighted by Crippen LogP contribution is -2.26. The molecule has 6 heteroatoms. The zero-order valence-corrected chi connectivity index (χ0v) is 14.6. The second kappa shape index (κ2) is 10.2. The number of rotatable bonds is 10. The largest absolute Gasteiger partial charge is 0.396 e. The number of hydrogen-bond acceptors (Lipinski definition) is 5. The van der Waals surface area contributed by atoms with Crippen LogP contribution in [-0.4, -0.2) is 18.8 Å². The van der Waals surface area contributed by atoms with Crippen LogP contribution < -0.4 is 22.1 Å². The molecule has 0 radical (unpaired) electrons. The predicted octanol–water partition coefficient (Wildman–Crippen LogP) is 3.43. The van der Waals surface area contributed by atoms with Gasteiger partial charge in [0.1, 0.15) is 0 Å². The minimum absolute atomic E-state index is 0.356. The van der Waals surface area contributed by atoms with Crippen molar-refractivity contribution in [3.8, 4) is 0 Å². The van der Waals surface area contributed by atoms with E-state index in [0.717, 1.165) is 41.5 Å². The lowest BCUT2D eigenvalue weighted by molar-refractivity contribution is 0.508. The van der Waals surface area contributed by atoms with Gasteiger partial charge < -0.3 is 27.5 Å². The van der Waals surface area contributed by atoms with Crippen molar-refractivity contribution in [1.29, 1.82) is 5.41 Å². The molecule has 0 aliphatic heterocycles. The Bertz CT molecular complexity index is 501. The topological polar surface area (TPSA) is 100.0 Å². The van der Waals surface area contributed by atoms with Gasteiger partial charge in [0.05, 0.1) is 11.4 Å². The molecule has 1 atom stereocenters. The molecule has 0 bridgehead atoms. The van der Waals surface area contributed by atoms with Crippen LogP contribution in [0.2, 0.25) is 0 Å². The summed E-state index contributed by atoms with van der Waals surface area (Å²) < 4.78 is 0.858. The van der Waals surface area contributed by atoms with E-state index in [0.29, 0.717) is 18.3 Å². The standard InChI is InChI=1S/C16H26BrN5/c1-2-5-12(6-4-9-18)21-11-13(10-19)22-15-8-3-7-14(17)16(15)20/h3,7-9,11-12,18,21-22H,2,4-6,10,19-20H2,1H3/b13-11+,18-9?. The third-order valence-electron chi connectivity index (χ3n) is 3.36. The van der Waals surface area contributed by atoms with E-state index in [9.17, 15) is 0 Å². The molecule has 7 N–H and O–H groups in total. The highest BCUT2D eigenvalue weighted by Crippen LogP contribution is 2.27. The fourth-order valence-electron chi connectivity index (χ4n) is 2.13. The Hall–Kier alpha value is -1.53. The Morgan fingerprint density at radius 3 is 2.82 bits per heavy atom. The molecular formula is C16H26BrN5. The van der Waals surface area contributed by atoms with E-state index in [1.807, 2.05) is 24.4 Å². The van der Waals surface area contributed by atoms with Crippen molar-refractivity contribution in [3.63, 3.8) is 0 Å². The molecule has 1 aromatic rings. The van der Waals surface area contributed by atoms with Crippen LogP contribution in [0.3, 0.4) is 0 Å². The Morgan fingerprint density at radius 2 is 2.18 bits per heavy atom. The molecule has 0 aliphatic carbocycles. The Kier molecular flexibility index (Phi) is 8.62. The highest BCUT2D eigenvalue weighted by Gasteiger charge is 2.07. The van der Waals surface area contributed by atoms with Crippen molar-refractivity contribution in [3.05, 3.63) is 34.6 Å². The molecule has 0 fully saturated rings. The quantitative estimate of drug-likeness (QED) is 0.323. The van der Waals surface area contributed by atoms with Crippen molar-refractivity contribution in [1.82, 2.24) is 5.32 Å². The zero-order chi connectivity index (χ0) is 16.4. The normalized spacial score (nSPS) is 12.8. The number of halogens is 1. The highest BCUT2D eigenvalue weighted by atomic mass is 79.9. The van der Waals surface area contributed by atoms with Gasteiger partial charge >= 0.3 is 0 Å². The van der Waals surface area contributed by atoms with Gasteiger partial charge in [-0.2, -0.15) is 0 Å². The van der Waals surface area contributed by atoms with E-state index in [4.69, 9.17) is 16.9 Å². The predicted molar refractivity (Wildman–Crippen MR) is 99.2 cm³/mol. The minimum Gasteiger partial charge on any atom is -0.396 e. The molecule has 1 unspecified atom stereocenters. The summed E-state index contributed by atoms with van der Waals surface area (Å²) in [4.78, 5) is 0. The van der Waals surface area contributed by atoms with Gasteiger partial charge in [0, 0.05) is 29.0 Å². The van der Waals surface area contributed by atoms with Crippen molar-refractivity contribution in [2.75, 3.05) is 17.6 Å². The van der Waals surface area contributed by atoms with Gasteiger partial charge in [-0.15, -0.1) is 0 Å². The number of nitrogens with two attached hydrogens (primary N) is 2. The molecular weight excluding hydrogens is 342 g/mol. The van der Waals surface area contributed by atoms with Gasteiger partial charge in [0.2, 0.25) is 0 Å². The van der Waals surface area contributed by atoms with Crippen LogP contribution in [0.1, 0.15) is 32.6 Å². The maximum atomic E-state index is 7.15. The van der Waals surface area contributed by atoms with Gasteiger partial charge in [-0.05, 0) is 53.5 Å². The van der Waals surface area contributed by atoms with Crippen LogP contribution in [0.4, 0.5) is 11.4 Å². The monoisotopic (exact) mass is 367 g/mol. The van der Waals surface area contributed by atoms with E-state index in [-0.39, 0.29) is 0 Å². The van der Waals surface area contributed by atoms with Crippen LogP contribution in [0.25, 0.3) is 0 Å². The number of hydrogen-bond donors (Lipinski definition) is 5. The van der Waals surface area contributed by atoms with Crippen molar-refractivity contribution in [2.24, 2.45) is 5.73 Å². The Balaban J connectivity index is 2.72. The maximum absolute atomic E-state index is 7.15. The summed E-state index contributed by atoms with van der Waals surface area (Å²) in [6.45, 7) is 2.55. The summed E-state index contributed by atoms with van der Waals surface area (Å²) >= 11 is 3.42. The molecule has 5 nitrogen and oxygen atoms in total. The van der Waals surface area contributed by atoms with Crippen LogP contribution in [-0.2, 0) is 0 Å². The number of para-hydroxylation sites is 1. The number of benzene rings is 1. The summed E-state index contributed by atoms with van der Waals surface area (Å²) in [5.74, 6) is 0. The first-order valence-electron chi connectivity index (χ1n) is 7.57.